The molecule has 156 valence electrons. The van der Waals surface area contributed by atoms with Gasteiger partial charge in [0.05, 0.1) is 34.5 Å². The van der Waals surface area contributed by atoms with E-state index in [9.17, 15) is 14.9 Å². The molecule has 1 heterocycles. The number of fused-ring (bicyclic) bond motifs is 1. The van der Waals surface area contributed by atoms with E-state index in [1.807, 2.05) is 34.6 Å². The summed E-state index contributed by atoms with van der Waals surface area (Å²) in [6, 6.07) is 0.111. The number of amides is 1. The van der Waals surface area contributed by atoms with E-state index in [0.29, 0.717) is 36.4 Å². The normalized spacial score (nSPS) is 16.2. The second-order valence-electron chi connectivity index (χ2n) is 8.47. The minimum atomic E-state index is -0.599. The Bertz CT molecular complexity index is 768. The zero-order chi connectivity index (χ0) is 21.2. The van der Waals surface area contributed by atoms with E-state index in [0.717, 1.165) is 24.2 Å². The second kappa shape index (κ2) is 8.47. The average Bonchev–Trinajstić information content (AvgIpc) is 2.94. The molecule has 1 atom stereocenters. The predicted octanol–water partition coefficient (Wildman–Crippen LogP) is 4.37. The van der Waals surface area contributed by atoms with E-state index in [4.69, 9.17) is 4.74 Å². The Kier molecular flexibility index (Phi) is 6.70. The van der Waals surface area contributed by atoms with Crippen molar-refractivity contribution in [2.45, 2.75) is 67.3 Å². The first-order valence-corrected chi connectivity index (χ1v) is 10.0. The lowest BCUT2D eigenvalue weighted by Crippen LogP contribution is -2.37. The Hall–Kier alpha value is -2.15. The van der Waals surface area contributed by atoms with Gasteiger partial charge in [0.25, 0.3) is 5.69 Å². The third kappa shape index (κ3) is 4.14. The van der Waals surface area contributed by atoms with Crippen LogP contribution in [0.15, 0.2) is 0 Å². The van der Waals surface area contributed by atoms with Crippen LogP contribution >= 0.6 is 0 Å². The van der Waals surface area contributed by atoms with Gasteiger partial charge in [0, 0.05) is 24.1 Å². The number of carbonyl (C=O) groups is 1. The van der Waals surface area contributed by atoms with E-state index >= 15 is 0 Å². The first-order chi connectivity index (χ1) is 13.0. The molecule has 7 heteroatoms. The molecule has 0 saturated carbocycles. The van der Waals surface area contributed by atoms with Gasteiger partial charge in [-0.1, -0.05) is 27.7 Å². The van der Waals surface area contributed by atoms with Crippen molar-refractivity contribution in [3.05, 3.63) is 26.8 Å². The fourth-order valence-electron chi connectivity index (χ4n) is 3.81. The molecule has 0 saturated heterocycles. The first kappa shape index (κ1) is 22.1. The highest BCUT2D eigenvalue weighted by atomic mass is 16.6. The van der Waals surface area contributed by atoms with Crippen LogP contribution in [0, 0.1) is 29.4 Å². The van der Waals surface area contributed by atoms with Crippen molar-refractivity contribution >= 4 is 23.0 Å². The average molecular weight is 392 g/mol. The van der Waals surface area contributed by atoms with Crippen LogP contribution in [-0.2, 0) is 16.0 Å². The van der Waals surface area contributed by atoms with Crippen molar-refractivity contribution in [3.8, 4) is 0 Å². The highest BCUT2D eigenvalue weighted by Gasteiger charge is 2.38. The standard InChI is InChI=1S/C21H33N3O4/c1-8-10-23-15(12-28-9-2)11-16-13(3)18(24(26)27)14(4)17(19(16)23)22-20(25)21(5,6)7/h15H,8-12H2,1-7H3,(H,22,25). The lowest BCUT2D eigenvalue weighted by molar-refractivity contribution is -0.386. The van der Waals surface area contributed by atoms with Gasteiger partial charge >= 0.3 is 0 Å². The molecule has 2 rings (SSSR count). The summed E-state index contributed by atoms with van der Waals surface area (Å²) in [5.41, 5.74) is 3.13. The molecule has 1 aliphatic rings. The highest BCUT2D eigenvalue weighted by Crippen LogP contribution is 2.47. The summed E-state index contributed by atoms with van der Waals surface area (Å²) in [5.74, 6) is -0.152. The van der Waals surface area contributed by atoms with Gasteiger partial charge in [-0.15, -0.1) is 0 Å². The molecule has 1 aliphatic heterocycles. The van der Waals surface area contributed by atoms with E-state index in [1.165, 1.54) is 0 Å². The predicted molar refractivity (Wildman–Crippen MR) is 112 cm³/mol. The smallest absolute Gasteiger partial charge is 0.277 e. The Morgan fingerprint density at radius 1 is 1.29 bits per heavy atom. The Labute approximate surface area is 167 Å². The molecule has 1 N–H and O–H groups in total. The van der Waals surface area contributed by atoms with Crippen LogP contribution in [0.5, 0.6) is 0 Å². The van der Waals surface area contributed by atoms with Gasteiger partial charge in [0.1, 0.15) is 0 Å². The Morgan fingerprint density at radius 2 is 1.93 bits per heavy atom. The molecule has 1 amide bonds. The number of ether oxygens (including phenoxy) is 1. The van der Waals surface area contributed by atoms with Gasteiger partial charge in [0.15, 0.2) is 0 Å². The van der Waals surface area contributed by atoms with Gasteiger partial charge < -0.3 is 15.0 Å². The van der Waals surface area contributed by atoms with Crippen molar-refractivity contribution < 1.29 is 14.5 Å². The molecule has 0 aromatic heterocycles. The third-order valence-corrected chi connectivity index (χ3v) is 5.31. The quantitative estimate of drug-likeness (QED) is 0.551. The molecule has 0 bridgehead atoms. The van der Waals surface area contributed by atoms with Gasteiger partial charge in [-0.3, -0.25) is 14.9 Å². The molecular weight excluding hydrogens is 358 g/mol. The molecular formula is C21H33N3O4. The van der Waals surface area contributed by atoms with E-state index < -0.39 is 5.41 Å². The van der Waals surface area contributed by atoms with Crippen molar-refractivity contribution in [2.24, 2.45) is 5.41 Å². The fraction of sp³-hybridized carbons (Fsp3) is 0.667. The first-order valence-electron chi connectivity index (χ1n) is 10.0. The number of nitro benzene ring substituents is 1. The van der Waals surface area contributed by atoms with Crippen LogP contribution in [0.3, 0.4) is 0 Å². The SMILES string of the molecule is CCCN1c2c(c(C)c([N+](=O)[O-])c(C)c2NC(=O)C(C)(C)C)CC1COCC. The molecule has 0 aliphatic carbocycles. The van der Waals surface area contributed by atoms with Crippen molar-refractivity contribution in [3.63, 3.8) is 0 Å². The van der Waals surface area contributed by atoms with Crippen molar-refractivity contribution in [2.75, 3.05) is 30.0 Å². The molecule has 1 aromatic carbocycles. The second-order valence-corrected chi connectivity index (χ2v) is 8.47. The van der Waals surface area contributed by atoms with Gasteiger partial charge in [0.2, 0.25) is 5.91 Å². The molecule has 0 fully saturated rings. The molecule has 0 radical (unpaired) electrons. The van der Waals surface area contributed by atoms with Crippen LogP contribution in [0.25, 0.3) is 0 Å². The van der Waals surface area contributed by atoms with E-state index in [2.05, 4.69) is 17.1 Å². The number of anilines is 2. The molecule has 1 unspecified atom stereocenters. The number of rotatable bonds is 7. The van der Waals surface area contributed by atoms with Gasteiger partial charge in [-0.05, 0) is 39.2 Å². The molecule has 28 heavy (non-hydrogen) atoms. The molecule has 7 nitrogen and oxygen atoms in total. The monoisotopic (exact) mass is 391 g/mol. The lowest BCUT2D eigenvalue weighted by atomic mass is 9.93. The molecule has 1 aromatic rings. The van der Waals surface area contributed by atoms with Crippen molar-refractivity contribution in [1.29, 1.82) is 0 Å². The summed E-state index contributed by atoms with van der Waals surface area (Å²) in [4.78, 5) is 26.5. The minimum Gasteiger partial charge on any atom is -0.380 e. The Balaban J connectivity index is 2.68. The fourth-order valence-corrected chi connectivity index (χ4v) is 3.81. The van der Waals surface area contributed by atoms with E-state index in [-0.39, 0.29) is 22.6 Å². The maximum Gasteiger partial charge on any atom is 0.277 e. The number of hydrogen-bond donors (Lipinski definition) is 1. The molecule has 0 spiro atoms. The number of nitrogens with zero attached hydrogens (tertiary/aromatic N) is 2. The lowest BCUT2D eigenvalue weighted by Gasteiger charge is -2.30. The third-order valence-electron chi connectivity index (χ3n) is 5.31. The number of benzene rings is 1. The summed E-state index contributed by atoms with van der Waals surface area (Å²) in [6.07, 6.45) is 1.62. The van der Waals surface area contributed by atoms with Gasteiger partial charge in [-0.2, -0.15) is 0 Å². The van der Waals surface area contributed by atoms with Crippen LogP contribution in [-0.4, -0.2) is 36.6 Å². The summed E-state index contributed by atoms with van der Waals surface area (Å²) in [6.45, 7) is 15.1. The van der Waals surface area contributed by atoms with Crippen molar-refractivity contribution in [1.82, 2.24) is 0 Å². The zero-order valence-corrected chi connectivity index (χ0v) is 18.1. The largest absolute Gasteiger partial charge is 0.380 e. The zero-order valence-electron chi connectivity index (χ0n) is 18.1. The number of hydrogen-bond acceptors (Lipinski definition) is 5. The summed E-state index contributed by atoms with van der Waals surface area (Å²) >= 11 is 0. The van der Waals surface area contributed by atoms with Crippen LogP contribution in [0.2, 0.25) is 0 Å². The van der Waals surface area contributed by atoms with Crippen LogP contribution < -0.4 is 10.2 Å². The minimum absolute atomic E-state index is 0.0940. The topological polar surface area (TPSA) is 84.7 Å². The van der Waals surface area contributed by atoms with Gasteiger partial charge in [-0.25, -0.2) is 0 Å². The van der Waals surface area contributed by atoms with Crippen LogP contribution in [0.4, 0.5) is 17.1 Å². The summed E-state index contributed by atoms with van der Waals surface area (Å²) in [5, 5.41) is 14.8. The summed E-state index contributed by atoms with van der Waals surface area (Å²) < 4.78 is 5.69. The summed E-state index contributed by atoms with van der Waals surface area (Å²) in [7, 11) is 0. The Morgan fingerprint density at radius 3 is 2.43 bits per heavy atom. The maximum absolute atomic E-state index is 12.7. The van der Waals surface area contributed by atoms with Crippen LogP contribution in [0.1, 0.15) is 57.7 Å². The highest BCUT2D eigenvalue weighted by molar-refractivity contribution is 6.00. The maximum atomic E-state index is 12.7. The van der Waals surface area contributed by atoms with E-state index in [1.54, 1.807) is 6.92 Å². The number of nitro groups is 1. The number of carbonyl (C=O) groups excluding carboxylic acids is 1. The number of nitrogens with one attached hydrogen (secondary N) is 1.